The summed E-state index contributed by atoms with van der Waals surface area (Å²) in [6.45, 7) is 6.32. The minimum absolute atomic E-state index is 0.0680. The van der Waals surface area contributed by atoms with Crippen LogP contribution in [0.5, 0.6) is 0 Å². The number of aromatic nitrogens is 3. The fraction of sp³-hybridized carbons (Fsp3) is 0.818. The van der Waals surface area contributed by atoms with Crippen LogP contribution in [-0.2, 0) is 22.6 Å². The molecule has 2 rings (SSSR count). The lowest BCUT2D eigenvalue weighted by Gasteiger charge is -2.17. The summed E-state index contributed by atoms with van der Waals surface area (Å²) in [7, 11) is 0. The maximum absolute atomic E-state index is 8.76. The summed E-state index contributed by atoms with van der Waals surface area (Å²) < 4.78 is 12.8. The van der Waals surface area contributed by atoms with Gasteiger partial charge in [0.25, 0.3) is 0 Å². The fourth-order valence-electron chi connectivity index (χ4n) is 1.86. The van der Waals surface area contributed by atoms with Gasteiger partial charge in [0.15, 0.2) is 5.79 Å². The number of hydrogen-bond acceptors (Lipinski definition) is 6. The van der Waals surface area contributed by atoms with Crippen molar-refractivity contribution in [3.8, 4) is 0 Å². The number of nitrogens with zero attached hydrogens (tertiary/aromatic N) is 3. The first-order chi connectivity index (χ1) is 8.59. The summed E-state index contributed by atoms with van der Waals surface area (Å²) in [6.07, 6.45) is 1.89. The number of aliphatic hydroxyl groups excluding tert-OH is 1. The summed E-state index contributed by atoms with van der Waals surface area (Å²) in [5.41, 5.74) is 0.849. The molecule has 2 N–H and O–H groups in total. The van der Waals surface area contributed by atoms with Crippen molar-refractivity contribution in [2.24, 2.45) is 0 Å². The summed E-state index contributed by atoms with van der Waals surface area (Å²) in [6, 6.07) is 0. The van der Waals surface area contributed by atoms with E-state index in [2.05, 4.69) is 15.6 Å². The molecule has 7 nitrogen and oxygen atoms in total. The van der Waals surface area contributed by atoms with E-state index in [0.717, 1.165) is 12.2 Å². The van der Waals surface area contributed by atoms with E-state index in [9.17, 15) is 0 Å². The Morgan fingerprint density at radius 1 is 1.61 bits per heavy atom. The Morgan fingerprint density at radius 3 is 3.11 bits per heavy atom. The van der Waals surface area contributed by atoms with Crippen molar-refractivity contribution >= 4 is 0 Å². The maximum Gasteiger partial charge on any atom is 0.163 e. The summed E-state index contributed by atoms with van der Waals surface area (Å²) in [5, 5.41) is 19.9. The molecule has 1 aliphatic rings. The second-order valence-corrected chi connectivity index (χ2v) is 4.78. The van der Waals surface area contributed by atoms with Gasteiger partial charge in [0.2, 0.25) is 0 Å². The van der Waals surface area contributed by atoms with Crippen LogP contribution in [0.15, 0.2) is 6.20 Å². The first kappa shape index (κ1) is 13.4. The molecule has 0 radical (unpaired) electrons. The monoisotopic (exact) mass is 256 g/mol. The Bertz CT molecular complexity index is 380. The maximum atomic E-state index is 8.76. The zero-order valence-electron chi connectivity index (χ0n) is 10.8. The van der Waals surface area contributed by atoms with E-state index in [4.69, 9.17) is 14.6 Å². The van der Waals surface area contributed by atoms with Crippen molar-refractivity contribution in [3.63, 3.8) is 0 Å². The first-order valence-corrected chi connectivity index (χ1v) is 6.11. The van der Waals surface area contributed by atoms with Crippen LogP contribution in [0.2, 0.25) is 0 Å². The van der Waals surface area contributed by atoms with Gasteiger partial charge < -0.3 is 19.9 Å². The normalized spacial score (nSPS) is 22.5. The molecule has 1 aliphatic heterocycles. The van der Waals surface area contributed by atoms with Crippen LogP contribution in [0.3, 0.4) is 0 Å². The molecule has 7 heteroatoms. The summed E-state index contributed by atoms with van der Waals surface area (Å²) in [4.78, 5) is 0. The van der Waals surface area contributed by atoms with Crippen LogP contribution >= 0.6 is 0 Å². The highest BCUT2D eigenvalue weighted by Crippen LogP contribution is 2.21. The van der Waals surface area contributed by atoms with Crippen LogP contribution in [0.25, 0.3) is 0 Å². The smallest absolute Gasteiger partial charge is 0.163 e. The molecular weight excluding hydrogens is 236 g/mol. The van der Waals surface area contributed by atoms with Gasteiger partial charge in [0.05, 0.1) is 31.6 Å². The van der Waals surface area contributed by atoms with Gasteiger partial charge in [-0.15, -0.1) is 5.10 Å². The van der Waals surface area contributed by atoms with Crippen LogP contribution in [0.1, 0.15) is 19.5 Å². The fourth-order valence-corrected chi connectivity index (χ4v) is 1.86. The van der Waals surface area contributed by atoms with Gasteiger partial charge in [-0.25, -0.2) is 4.68 Å². The van der Waals surface area contributed by atoms with Gasteiger partial charge in [0.1, 0.15) is 0 Å². The van der Waals surface area contributed by atoms with Gasteiger partial charge in [-0.2, -0.15) is 0 Å². The third-order valence-electron chi connectivity index (χ3n) is 2.66. The van der Waals surface area contributed by atoms with Crippen molar-refractivity contribution in [2.75, 3.05) is 19.8 Å². The van der Waals surface area contributed by atoms with E-state index >= 15 is 0 Å². The Hall–Kier alpha value is -1.02. The van der Waals surface area contributed by atoms with Crippen molar-refractivity contribution in [1.29, 1.82) is 0 Å². The van der Waals surface area contributed by atoms with Crippen LogP contribution in [0, 0.1) is 0 Å². The second-order valence-electron chi connectivity index (χ2n) is 4.78. The predicted molar refractivity (Wildman–Crippen MR) is 63.7 cm³/mol. The van der Waals surface area contributed by atoms with Crippen molar-refractivity contribution < 1.29 is 14.6 Å². The molecule has 0 bridgehead atoms. The minimum Gasteiger partial charge on any atom is -0.394 e. The summed E-state index contributed by atoms with van der Waals surface area (Å²) >= 11 is 0. The minimum atomic E-state index is -0.476. The average molecular weight is 256 g/mol. The number of nitrogens with one attached hydrogen (secondary N) is 1. The molecule has 0 saturated carbocycles. The zero-order chi connectivity index (χ0) is 13.0. The highest BCUT2D eigenvalue weighted by molar-refractivity contribution is 4.91. The molecule has 1 aromatic heterocycles. The lowest BCUT2D eigenvalue weighted by Crippen LogP contribution is -2.30. The lowest BCUT2D eigenvalue weighted by atomic mass is 10.3. The molecule has 1 saturated heterocycles. The Kier molecular flexibility index (Phi) is 4.28. The molecule has 1 fully saturated rings. The van der Waals surface area contributed by atoms with Crippen molar-refractivity contribution in [1.82, 2.24) is 20.3 Å². The van der Waals surface area contributed by atoms with Crippen LogP contribution in [-0.4, -0.2) is 51.7 Å². The Balaban J connectivity index is 1.69. The highest BCUT2D eigenvalue weighted by atomic mass is 16.7. The molecule has 1 atom stereocenters. The van der Waals surface area contributed by atoms with E-state index in [1.54, 1.807) is 4.68 Å². The largest absolute Gasteiger partial charge is 0.394 e. The number of rotatable bonds is 6. The molecule has 0 aromatic carbocycles. The standard InChI is InChI=1S/C11H20N4O3/c1-11(2)17-8-10(18-11)6-12-5-9-7-15(3-4-16)14-13-9/h7,10,12,16H,3-6,8H2,1-2H3. The van der Waals surface area contributed by atoms with E-state index in [1.165, 1.54) is 0 Å². The molecule has 0 aliphatic carbocycles. The quantitative estimate of drug-likeness (QED) is 0.715. The van der Waals surface area contributed by atoms with Crippen molar-refractivity contribution in [3.05, 3.63) is 11.9 Å². The van der Waals surface area contributed by atoms with E-state index in [0.29, 0.717) is 19.7 Å². The Morgan fingerprint density at radius 2 is 2.44 bits per heavy atom. The second kappa shape index (κ2) is 5.75. The lowest BCUT2D eigenvalue weighted by molar-refractivity contribution is -0.137. The highest BCUT2D eigenvalue weighted by Gasteiger charge is 2.32. The number of ether oxygens (including phenoxy) is 2. The molecular formula is C11H20N4O3. The molecule has 2 heterocycles. The average Bonchev–Trinajstić information content (AvgIpc) is 2.87. The number of aliphatic hydroxyl groups is 1. The van der Waals surface area contributed by atoms with Gasteiger partial charge in [-0.1, -0.05) is 5.21 Å². The SMILES string of the molecule is CC1(C)OCC(CNCc2cn(CCO)nn2)O1. The van der Waals surface area contributed by atoms with E-state index in [1.807, 2.05) is 20.0 Å². The van der Waals surface area contributed by atoms with Crippen LogP contribution in [0.4, 0.5) is 0 Å². The molecule has 0 spiro atoms. The van der Waals surface area contributed by atoms with Gasteiger partial charge in [-0.05, 0) is 13.8 Å². The molecule has 102 valence electrons. The summed E-state index contributed by atoms with van der Waals surface area (Å²) in [5.74, 6) is -0.476. The van der Waals surface area contributed by atoms with Crippen molar-refractivity contribution in [2.45, 2.75) is 38.8 Å². The van der Waals surface area contributed by atoms with E-state index in [-0.39, 0.29) is 12.7 Å². The molecule has 1 aromatic rings. The third-order valence-corrected chi connectivity index (χ3v) is 2.66. The third kappa shape index (κ3) is 3.74. The predicted octanol–water partition coefficient (Wildman–Crippen LogP) is -0.488. The first-order valence-electron chi connectivity index (χ1n) is 6.11. The topological polar surface area (TPSA) is 81.4 Å². The molecule has 1 unspecified atom stereocenters. The number of hydrogen-bond donors (Lipinski definition) is 2. The van der Waals surface area contributed by atoms with Gasteiger partial charge in [-0.3, -0.25) is 0 Å². The molecule has 18 heavy (non-hydrogen) atoms. The van der Waals surface area contributed by atoms with Crippen LogP contribution < -0.4 is 5.32 Å². The Labute approximate surface area is 106 Å². The van der Waals surface area contributed by atoms with E-state index < -0.39 is 5.79 Å². The molecule has 0 amide bonds. The van der Waals surface area contributed by atoms with Gasteiger partial charge >= 0.3 is 0 Å². The van der Waals surface area contributed by atoms with Gasteiger partial charge in [0, 0.05) is 19.3 Å². The zero-order valence-corrected chi connectivity index (χ0v) is 10.8.